The van der Waals surface area contributed by atoms with Crippen LogP contribution >= 0.6 is 11.3 Å². The van der Waals surface area contributed by atoms with Crippen LogP contribution < -0.4 is 5.32 Å². The van der Waals surface area contributed by atoms with Crippen LogP contribution in [-0.4, -0.2) is 18.1 Å². The molecule has 5 heteroatoms. The van der Waals surface area contributed by atoms with Crippen LogP contribution in [0.4, 0.5) is 8.78 Å². The van der Waals surface area contributed by atoms with Gasteiger partial charge in [0.15, 0.2) is 5.01 Å². The molecule has 0 saturated heterocycles. The molecule has 1 unspecified atom stereocenters. The molecule has 0 amide bonds. The van der Waals surface area contributed by atoms with Crippen LogP contribution in [0.2, 0.25) is 0 Å². The Morgan fingerprint density at radius 2 is 2.31 bits per heavy atom. The molecule has 0 saturated carbocycles. The van der Waals surface area contributed by atoms with Gasteiger partial charge in [0.25, 0.3) is 6.43 Å². The highest BCUT2D eigenvalue weighted by molar-refractivity contribution is 7.11. The Labute approximate surface area is 80.0 Å². The van der Waals surface area contributed by atoms with E-state index in [9.17, 15) is 8.78 Å². The summed E-state index contributed by atoms with van der Waals surface area (Å²) in [7, 11) is 1.85. The van der Waals surface area contributed by atoms with E-state index in [1.165, 1.54) is 6.20 Å². The summed E-state index contributed by atoms with van der Waals surface area (Å²) < 4.78 is 24.3. The number of likely N-dealkylation sites (N-methyl/N-ethyl adjacent to an activating group) is 1. The summed E-state index contributed by atoms with van der Waals surface area (Å²) in [6.45, 7) is 2.00. The van der Waals surface area contributed by atoms with Gasteiger partial charge in [-0.2, -0.15) is 0 Å². The third-order valence-corrected chi connectivity index (χ3v) is 2.79. The molecule has 0 radical (unpaired) electrons. The van der Waals surface area contributed by atoms with Crippen LogP contribution in [0, 0.1) is 0 Å². The number of halogens is 2. The van der Waals surface area contributed by atoms with Crippen molar-refractivity contribution >= 4 is 11.3 Å². The number of aromatic nitrogens is 1. The molecule has 1 aromatic heterocycles. The van der Waals surface area contributed by atoms with Crippen molar-refractivity contribution in [1.29, 1.82) is 0 Å². The van der Waals surface area contributed by atoms with Gasteiger partial charge in [0, 0.05) is 17.1 Å². The van der Waals surface area contributed by atoms with Crippen molar-refractivity contribution in [2.45, 2.75) is 25.8 Å². The molecule has 1 aromatic rings. The first-order valence-corrected chi connectivity index (χ1v) is 4.85. The third kappa shape index (κ3) is 3.00. The normalized spacial score (nSPS) is 13.6. The van der Waals surface area contributed by atoms with Gasteiger partial charge < -0.3 is 5.32 Å². The zero-order valence-corrected chi connectivity index (χ0v) is 8.37. The molecule has 1 atom stereocenters. The van der Waals surface area contributed by atoms with Crippen LogP contribution in [0.5, 0.6) is 0 Å². The van der Waals surface area contributed by atoms with Gasteiger partial charge in [-0.25, -0.2) is 13.8 Å². The zero-order chi connectivity index (χ0) is 9.84. The lowest BCUT2D eigenvalue weighted by molar-refractivity contribution is 0.151. The van der Waals surface area contributed by atoms with Crippen LogP contribution in [0.15, 0.2) is 6.20 Å². The predicted molar refractivity (Wildman–Crippen MR) is 49.3 cm³/mol. The predicted octanol–water partition coefficient (Wildman–Crippen LogP) is 2.23. The van der Waals surface area contributed by atoms with Crippen LogP contribution in [0.1, 0.15) is 23.2 Å². The van der Waals surface area contributed by atoms with Gasteiger partial charge in [-0.3, -0.25) is 0 Å². The minimum absolute atomic E-state index is 0.0849. The monoisotopic (exact) mass is 206 g/mol. The number of hydrogen-bond donors (Lipinski definition) is 1. The number of hydrogen-bond acceptors (Lipinski definition) is 3. The van der Waals surface area contributed by atoms with E-state index in [0.29, 0.717) is 6.04 Å². The summed E-state index contributed by atoms with van der Waals surface area (Å²) in [6.07, 6.45) is -0.162. The summed E-state index contributed by atoms with van der Waals surface area (Å²) >= 11 is 1.08. The van der Waals surface area contributed by atoms with Crippen molar-refractivity contribution in [1.82, 2.24) is 10.3 Å². The number of rotatable bonds is 4. The quantitative estimate of drug-likeness (QED) is 0.817. The molecule has 0 aromatic carbocycles. The van der Waals surface area contributed by atoms with Gasteiger partial charge >= 0.3 is 0 Å². The molecule has 0 bridgehead atoms. The number of thiazole rings is 1. The van der Waals surface area contributed by atoms with Gasteiger partial charge in [0.05, 0.1) is 0 Å². The molecule has 0 spiro atoms. The molecule has 0 aliphatic carbocycles. The Morgan fingerprint density at radius 1 is 1.62 bits per heavy atom. The maximum Gasteiger partial charge on any atom is 0.289 e. The van der Waals surface area contributed by atoms with Crippen molar-refractivity contribution in [3.63, 3.8) is 0 Å². The van der Waals surface area contributed by atoms with Crippen molar-refractivity contribution in [3.8, 4) is 0 Å². The zero-order valence-electron chi connectivity index (χ0n) is 7.55. The Bertz CT molecular complexity index is 262. The van der Waals surface area contributed by atoms with E-state index in [1.54, 1.807) is 0 Å². The summed E-state index contributed by atoms with van der Waals surface area (Å²) in [5, 5.41) is 2.96. The lowest BCUT2D eigenvalue weighted by Crippen LogP contribution is -2.22. The lowest BCUT2D eigenvalue weighted by atomic mass is 10.2. The second-order valence-electron chi connectivity index (χ2n) is 2.86. The van der Waals surface area contributed by atoms with Gasteiger partial charge in [-0.05, 0) is 20.4 Å². The van der Waals surface area contributed by atoms with E-state index >= 15 is 0 Å². The van der Waals surface area contributed by atoms with Crippen LogP contribution in [0.25, 0.3) is 0 Å². The Morgan fingerprint density at radius 3 is 2.77 bits per heavy atom. The fourth-order valence-corrected chi connectivity index (χ4v) is 1.82. The van der Waals surface area contributed by atoms with E-state index < -0.39 is 6.43 Å². The maximum atomic E-state index is 12.1. The fraction of sp³-hybridized carbons (Fsp3) is 0.625. The van der Waals surface area contributed by atoms with Gasteiger partial charge in [-0.15, -0.1) is 11.3 Å². The number of nitrogens with one attached hydrogen (secondary N) is 1. The van der Waals surface area contributed by atoms with Crippen molar-refractivity contribution < 1.29 is 8.78 Å². The van der Waals surface area contributed by atoms with Crippen molar-refractivity contribution in [3.05, 3.63) is 16.1 Å². The number of alkyl halides is 2. The molecular formula is C8H12F2N2S. The Balaban J connectivity index is 2.58. The molecule has 0 fully saturated rings. The van der Waals surface area contributed by atoms with Crippen LogP contribution in [-0.2, 0) is 6.42 Å². The Kier molecular flexibility index (Phi) is 3.74. The van der Waals surface area contributed by atoms with Gasteiger partial charge in [-0.1, -0.05) is 0 Å². The third-order valence-electron chi connectivity index (χ3n) is 1.76. The van der Waals surface area contributed by atoms with E-state index in [2.05, 4.69) is 10.3 Å². The first-order chi connectivity index (χ1) is 6.13. The second-order valence-corrected chi connectivity index (χ2v) is 4.01. The van der Waals surface area contributed by atoms with Crippen molar-refractivity contribution in [2.24, 2.45) is 0 Å². The minimum Gasteiger partial charge on any atom is -0.317 e. The van der Waals surface area contributed by atoms with Gasteiger partial charge in [0.1, 0.15) is 0 Å². The summed E-state index contributed by atoms with van der Waals surface area (Å²) in [4.78, 5) is 4.54. The van der Waals surface area contributed by atoms with E-state index in [0.717, 1.165) is 22.6 Å². The molecule has 0 aliphatic rings. The average Bonchev–Trinajstić information content (AvgIpc) is 2.52. The van der Waals surface area contributed by atoms with E-state index in [-0.39, 0.29) is 5.01 Å². The van der Waals surface area contributed by atoms with Gasteiger partial charge in [0.2, 0.25) is 0 Å². The summed E-state index contributed by atoms with van der Waals surface area (Å²) in [5.41, 5.74) is 0. The summed E-state index contributed by atoms with van der Waals surface area (Å²) in [6, 6.07) is 0.297. The topological polar surface area (TPSA) is 24.9 Å². The molecule has 1 N–H and O–H groups in total. The first-order valence-electron chi connectivity index (χ1n) is 4.03. The lowest BCUT2D eigenvalue weighted by Gasteiger charge is -2.06. The standard InChI is InChI=1S/C8H12F2N2S/c1-5(11-2)3-6-4-12-8(13-6)7(9)10/h4-5,7,11H,3H2,1-2H3. The minimum atomic E-state index is -2.44. The molecule has 0 aliphatic heterocycles. The average molecular weight is 206 g/mol. The number of nitrogens with zero attached hydrogens (tertiary/aromatic N) is 1. The SMILES string of the molecule is CNC(C)Cc1cnc(C(F)F)s1. The first kappa shape index (κ1) is 10.5. The highest BCUT2D eigenvalue weighted by atomic mass is 32.1. The smallest absolute Gasteiger partial charge is 0.289 e. The maximum absolute atomic E-state index is 12.1. The van der Waals surface area contributed by atoms with E-state index in [4.69, 9.17) is 0 Å². The highest BCUT2D eigenvalue weighted by Crippen LogP contribution is 2.24. The molecule has 1 rings (SSSR count). The summed E-state index contributed by atoms with van der Waals surface area (Å²) in [5.74, 6) is 0. The van der Waals surface area contributed by atoms with Crippen LogP contribution in [0.3, 0.4) is 0 Å². The molecular weight excluding hydrogens is 194 g/mol. The highest BCUT2D eigenvalue weighted by Gasteiger charge is 2.12. The Hall–Kier alpha value is -0.550. The fourth-order valence-electron chi connectivity index (χ4n) is 0.922. The second kappa shape index (κ2) is 4.62. The van der Waals surface area contributed by atoms with Crippen molar-refractivity contribution in [2.75, 3.05) is 7.05 Å². The molecule has 1 heterocycles. The molecule has 2 nitrogen and oxygen atoms in total. The largest absolute Gasteiger partial charge is 0.317 e. The van der Waals surface area contributed by atoms with E-state index in [1.807, 2.05) is 14.0 Å². The molecule has 13 heavy (non-hydrogen) atoms. The molecule has 74 valence electrons.